The first kappa shape index (κ1) is 19.9. The van der Waals surface area contributed by atoms with Crippen LogP contribution in [0.25, 0.3) is 11.4 Å². The molecule has 0 aliphatic carbocycles. The van der Waals surface area contributed by atoms with Crippen molar-refractivity contribution in [1.29, 1.82) is 0 Å². The van der Waals surface area contributed by atoms with Crippen molar-refractivity contribution in [3.8, 4) is 17.1 Å². The SMILES string of the molecule is CNC(=O)c1cnc2c(c1Nc1cccc(-c3ncn(C)n3)c1OC)COC(=C=O)N2. The van der Waals surface area contributed by atoms with Crippen molar-refractivity contribution < 1.29 is 19.1 Å². The van der Waals surface area contributed by atoms with Crippen LogP contribution >= 0.6 is 0 Å². The van der Waals surface area contributed by atoms with Gasteiger partial charge in [-0.1, -0.05) is 6.07 Å². The third-order valence-electron chi connectivity index (χ3n) is 4.66. The number of carbonyl (C=O) groups excluding carboxylic acids is 2. The number of aromatic nitrogens is 4. The molecule has 11 heteroatoms. The number of methoxy groups -OCH3 is 1. The van der Waals surface area contributed by atoms with E-state index in [-0.39, 0.29) is 18.4 Å². The molecule has 1 aromatic carbocycles. The lowest BCUT2D eigenvalue weighted by Gasteiger charge is -2.24. The summed E-state index contributed by atoms with van der Waals surface area (Å²) in [6, 6.07) is 5.47. The van der Waals surface area contributed by atoms with Crippen LogP contribution in [0.15, 0.2) is 36.6 Å². The molecule has 0 spiro atoms. The van der Waals surface area contributed by atoms with E-state index < -0.39 is 0 Å². The van der Waals surface area contributed by atoms with E-state index in [2.05, 4.69) is 31.0 Å². The van der Waals surface area contributed by atoms with Crippen LogP contribution in [0, 0.1) is 0 Å². The van der Waals surface area contributed by atoms with Gasteiger partial charge in [0.1, 0.15) is 18.8 Å². The summed E-state index contributed by atoms with van der Waals surface area (Å²) in [7, 11) is 4.85. The standard InChI is InChI=1S/C20H19N7O4/c1-21-20(29)12-7-22-18-13(9-31-15(8-28)25-18)16(12)24-14-6-4-5-11(17(14)30-3)19-23-10-27(2)26-19/h4-7,10H,9H2,1-3H3,(H,21,29)(H2,22,24,25). The maximum absolute atomic E-state index is 12.5. The number of nitrogens with zero attached hydrogens (tertiary/aromatic N) is 4. The Balaban J connectivity index is 1.84. The van der Waals surface area contributed by atoms with Crippen LogP contribution in [0.3, 0.4) is 0 Å². The number of para-hydroxylation sites is 1. The van der Waals surface area contributed by atoms with Crippen molar-refractivity contribution in [2.75, 3.05) is 24.8 Å². The molecule has 11 nitrogen and oxygen atoms in total. The highest BCUT2D eigenvalue weighted by molar-refractivity contribution is 6.02. The molecule has 0 saturated carbocycles. The summed E-state index contributed by atoms with van der Waals surface area (Å²) in [5.41, 5.74) is 2.60. The van der Waals surface area contributed by atoms with E-state index in [1.807, 2.05) is 12.1 Å². The lowest BCUT2D eigenvalue weighted by molar-refractivity contribution is 0.0963. The van der Waals surface area contributed by atoms with Crippen molar-refractivity contribution in [2.45, 2.75) is 6.61 Å². The molecule has 1 aliphatic rings. The molecule has 31 heavy (non-hydrogen) atoms. The Bertz CT molecular complexity index is 1210. The molecule has 1 amide bonds. The predicted molar refractivity (Wildman–Crippen MR) is 112 cm³/mol. The van der Waals surface area contributed by atoms with Gasteiger partial charge in [-0.3, -0.25) is 9.48 Å². The maximum atomic E-state index is 12.5. The van der Waals surface area contributed by atoms with E-state index in [4.69, 9.17) is 9.47 Å². The Morgan fingerprint density at radius 1 is 1.35 bits per heavy atom. The number of benzene rings is 1. The Labute approximate surface area is 177 Å². The van der Waals surface area contributed by atoms with Gasteiger partial charge in [0.05, 0.1) is 35.2 Å². The Morgan fingerprint density at radius 3 is 2.87 bits per heavy atom. The van der Waals surface area contributed by atoms with Crippen LogP contribution in [0.4, 0.5) is 17.2 Å². The minimum Gasteiger partial charge on any atom is -0.494 e. The number of carbonyl (C=O) groups is 1. The molecule has 3 heterocycles. The van der Waals surface area contributed by atoms with Gasteiger partial charge >= 0.3 is 0 Å². The molecular weight excluding hydrogens is 402 g/mol. The summed E-state index contributed by atoms with van der Waals surface area (Å²) in [5, 5.41) is 13.0. The largest absolute Gasteiger partial charge is 0.494 e. The number of amides is 1. The number of nitrogens with one attached hydrogen (secondary N) is 3. The van der Waals surface area contributed by atoms with Crippen LogP contribution in [-0.2, 0) is 23.2 Å². The highest BCUT2D eigenvalue weighted by Gasteiger charge is 2.25. The second-order valence-corrected chi connectivity index (χ2v) is 6.55. The summed E-state index contributed by atoms with van der Waals surface area (Å²) >= 11 is 0. The quantitative estimate of drug-likeness (QED) is 0.526. The van der Waals surface area contributed by atoms with Crippen molar-refractivity contribution >= 4 is 29.0 Å². The van der Waals surface area contributed by atoms with E-state index in [0.717, 1.165) is 0 Å². The molecule has 0 radical (unpaired) electrons. The topological polar surface area (TPSA) is 132 Å². The van der Waals surface area contributed by atoms with Crippen LogP contribution in [0.2, 0.25) is 0 Å². The summed E-state index contributed by atoms with van der Waals surface area (Å²) in [5.74, 6) is 2.65. The molecule has 2 aromatic heterocycles. The van der Waals surface area contributed by atoms with Crippen molar-refractivity contribution in [3.63, 3.8) is 0 Å². The first-order chi connectivity index (χ1) is 15.0. The maximum Gasteiger partial charge on any atom is 0.281 e. The van der Waals surface area contributed by atoms with Crippen LogP contribution in [-0.4, -0.2) is 45.8 Å². The summed E-state index contributed by atoms with van der Waals surface area (Å²) in [6.45, 7) is 0.0247. The third kappa shape index (κ3) is 3.65. The molecule has 3 aromatic rings. The van der Waals surface area contributed by atoms with Crippen molar-refractivity contribution in [3.05, 3.63) is 47.7 Å². The van der Waals surface area contributed by atoms with Gasteiger partial charge < -0.3 is 25.4 Å². The van der Waals surface area contributed by atoms with Gasteiger partial charge in [0, 0.05) is 20.3 Å². The number of anilines is 3. The molecule has 1 aliphatic heterocycles. The van der Waals surface area contributed by atoms with Gasteiger partial charge in [0.15, 0.2) is 17.5 Å². The Hall–Kier alpha value is -4.37. The zero-order chi connectivity index (χ0) is 22.0. The monoisotopic (exact) mass is 421 g/mol. The van der Waals surface area contributed by atoms with E-state index in [9.17, 15) is 9.59 Å². The number of hydrogen-bond donors (Lipinski definition) is 3. The molecular formula is C20H19N7O4. The van der Waals surface area contributed by atoms with Gasteiger partial charge in [0.2, 0.25) is 0 Å². The summed E-state index contributed by atoms with van der Waals surface area (Å²) in [6.07, 6.45) is 3.01. The molecule has 4 rings (SSSR count). The molecule has 0 saturated heterocycles. The number of aryl methyl sites for hydroxylation is 1. The molecule has 3 N–H and O–H groups in total. The average molecular weight is 421 g/mol. The van der Waals surface area contributed by atoms with Crippen molar-refractivity contribution in [1.82, 2.24) is 25.1 Å². The van der Waals surface area contributed by atoms with Crippen LogP contribution in [0.5, 0.6) is 5.75 Å². The molecule has 0 unspecified atom stereocenters. The minimum absolute atomic E-state index is 0.0247. The first-order valence-corrected chi connectivity index (χ1v) is 9.24. The predicted octanol–water partition coefficient (Wildman–Crippen LogP) is 1.60. The lowest BCUT2D eigenvalue weighted by atomic mass is 10.1. The van der Waals surface area contributed by atoms with Gasteiger partial charge in [-0.05, 0) is 12.1 Å². The Kier molecular flexibility index (Phi) is 5.25. The van der Waals surface area contributed by atoms with Crippen molar-refractivity contribution in [2.24, 2.45) is 7.05 Å². The lowest BCUT2D eigenvalue weighted by Crippen LogP contribution is -2.23. The van der Waals surface area contributed by atoms with Gasteiger partial charge in [-0.25, -0.2) is 14.8 Å². The highest BCUT2D eigenvalue weighted by Crippen LogP contribution is 2.39. The van der Waals surface area contributed by atoms with Gasteiger partial charge in [0.25, 0.3) is 11.8 Å². The average Bonchev–Trinajstić information content (AvgIpc) is 3.24. The molecule has 0 atom stereocenters. The summed E-state index contributed by atoms with van der Waals surface area (Å²) < 4.78 is 12.6. The first-order valence-electron chi connectivity index (χ1n) is 9.24. The van der Waals surface area contributed by atoms with Crippen LogP contribution in [0.1, 0.15) is 15.9 Å². The zero-order valence-corrected chi connectivity index (χ0v) is 17.0. The molecule has 0 fully saturated rings. The number of rotatable bonds is 5. The van der Waals surface area contributed by atoms with E-state index >= 15 is 0 Å². The smallest absolute Gasteiger partial charge is 0.281 e. The zero-order valence-electron chi connectivity index (χ0n) is 17.0. The Morgan fingerprint density at radius 2 is 2.19 bits per heavy atom. The van der Waals surface area contributed by atoms with Crippen LogP contribution < -0.4 is 20.7 Å². The number of hydrogen-bond acceptors (Lipinski definition) is 9. The number of ether oxygens (including phenoxy) is 2. The van der Waals surface area contributed by atoms with E-state index in [1.54, 1.807) is 37.2 Å². The van der Waals surface area contributed by atoms with Gasteiger partial charge in [-0.15, -0.1) is 0 Å². The number of pyridine rings is 1. The molecule has 158 valence electrons. The highest BCUT2D eigenvalue weighted by atomic mass is 16.5. The summed E-state index contributed by atoms with van der Waals surface area (Å²) in [4.78, 5) is 32.0. The van der Waals surface area contributed by atoms with E-state index in [0.29, 0.717) is 45.5 Å². The van der Waals surface area contributed by atoms with Gasteiger partial charge in [-0.2, -0.15) is 5.10 Å². The fraction of sp³-hybridized carbons (Fsp3) is 0.200. The normalized spacial score (nSPS) is 12.2. The second-order valence-electron chi connectivity index (χ2n) is 6.55. The fourth-order valence-electron chi connectivity index (χ4n) is 3.22. The number of fused-ring (bicyclic) bond motifs is 1. The van der Waals surface area contributed by atoms with E-state index in [1.165, 1.54) is 13.2 Å². The second kappa shape index (κ2) is 8.17. The third-order valence-corrected chi connectivity index (χ3v) is 4.66. The molecule has 0 bridgehead atoms. The minimum atomic E-state index is -0.337. The fourth-order valence-corrected chi connectivity index (χ4v) is 3.22.